The predicted octanol–water partition coefficient (Wildman–Crippen LogP) is 2.02. The van der Waals surface area contributed by atoms with Crippen LogP contribution in [-0.2, 0) is 0 Å². The van der Waals surface area contributed by atoms with Gasteiger partial charge in [0, 0.05) is 6.54 Å². The Kier molecular flexibility index (Phi) is 2.08. The van der Waals surface area contributed by atoms with Crippen LogP contribution in [0.1, 0.15) is 25.7 Å². The highest BCUT2D eigenvalue weighted by Crippen LogP contribution is 2.23. The lowest BCUT2D eigenvalue weighted by Gasteiger charge is -2.12. The van der Waals surface area contributed by atoms with E-state index in [1.54, 1.807) is 11.1 Å². The summed E-state index contributed by atoms with van der Waals surface area (Å²) >= 11 is 0. The van der Waals surface area contributed by atoms with Crippen molar-refractivity contribution in [3.63, 3.8) is 0 Å². The van der Waals surface area contributed by atoms with Gasteiger partial charge in [0.1, 0.15) is 0 Å². The number of nitrogens with one attached hydrogen (secondary N) is 1. The van der Waals surface area contributed by atoms with Crippen LogP contribution in [0.3, 0.4) is 0 Å². The molecule has 0 amide bonds. The lowest BCUT2D eigenvalue weighted by Crippen LogP contribution is -2.15. The molecule has 0 aromatic rings. The first-order chi connectivity index (χ1) is 5.47. The van der Waals surface area contributed by atoms with Crippen molar-refractivity contribution in [2.75, 3.05) is 13.1 Å². The minimum absolute atomic E-state index is 1.10. The molecular formula is C10H15N. The van der Waals surface area contributed by atoms with Crippen LogP contribution in [0.4, 0.5) is 0 Å². The fourth-order valence-corrected chi connectivity index (χ4v) is 1.85. The monoisotopic (exact) mass is 149 g/mol. The van der Waals surface area contributed by atoms with Gasteiger partial charge in [-0.2, -0.15) is 0 Å². The molecule has 2 aliphatic rings. The molecule has 60 valence electrons. The Morgan fingerprint density at radius 3 is 2.82 bits per heavy atom. The van der Waals surface area contributed by atoms with Crippen molar-refractivity contribution in [2.24, 2.45) is 0 Å². The van der Waals surface area contributed by atoms with E-state index in [-0.39, 0.29) is 0 Å². The standard InChI is InChI=1S/C10H15N/c1-2-5-10-8-11-7-3-6-9(10)4-1/h4-5,11H,1-3,6-8H2. The van der Waals surface area contributed by atoms with E-state index in [9.17, 15) is 0 Å². The van der Waals surface area contributed by atoms with Gasteiger partial charge >= 0.3 is 0 Å². The zero-order valence-electron chi connectivity index (χ0n) is 6.90. The molecule has 0 aromatic heterocycles. The topological polar surface area (TPSA) is 12.0 Å². The average molecular weight is 149 g/mol. The van der Waals surface area contributed by atoms with Crippen LogP contribution in [0.15, 0.2) is 23.3 Å². The Labute approximate surface area is 68.2 Å². The summed E-state index contributed by atoms with van der Waals surface area (Å²) in [6, 6.07) is 0. The van der Waals surface area contributed by atoms with Gasteiger partial charge in [-0.05, 0) is 43.4 Å². The van der Waals surface area contributed by atoms with Crippen molar-refractivity contribution < 1.29 is 0 Å². The normalized spacial score (nSPS) is 24.7. The second-order valence-electron chi connectivity index (χ2n) is 3.32. The molecule has 1 heterocycles. The fraction of sp³-hybridized carbons (Fsp3) is 0.600. The van der Waals surface area contributed by atoms with Crippen LogP contribution in [0, 0.1) is 0 Å². The van der Waals surface area contributed by atoms with Gasteiger partial charge < -0.3 is 5.32 Å². The van der Waals surface area contributed by atoms with E-state index < -0.39 is 0 Å². The molecule has 0 saturated carbocycles. The third-order valence-electron chi connectivity index (χ3n) is 2.48. The summed E-state index contributed by atoms with van der Waals surface area (Å²) < 4.78 is 0. The summed E-state index contributed by atoms with van der Waals surface area (Å²) in [6.45, 7) is 2.29. The van der Waals surface area contributed by atoms with Crippen LogP contribution in [-0.4, -0.2) is 13.1 Å². The van der Waals surface area contributed by atoms with E-state index >= 15 is 0 Å². The third-order valence-corrected chi connectivity index (χ3v) is 2.48. The number of allylic oxidation sites excluding steroid dienone is 2. The quantitative estimate of drug-likeness (QED) is 0.555. The molecule has 1 fully saturated rings. The first kappa shape index (κ1) is 7.11. The largest absolute Gasteiger partial charge is 0.313 e. The lowest BCUT2D eigenvalue weighted by molar-refractivity contribution is 0.722. The minimum Gasteiger partial charge on any atom is -0.313 e. The summed E-state index contributed by atoms with van der Waals surface area (Å²) in [5.74, 6) is 0. The number of hydrogen-bond donors (Lipinski definition) is 1. The summed E-state index contributed by atoms with van der Waals surface area (Å²) in [4.78, 5) is 0. The number of rotatable bonds is 0. The van der Waals surface area contributed by atoms with Crippen molar-refractivity contribution in [3.8, 4) is 0 Å². The second kappa shape index (κ2) is 3.22. The molecule has 0 unspecified atom stereocenters. The average Bonchev–Trinajstić information content (AvgIpc) is 2.28. The second-order valence-corrected chi connectivity index (χ2v) is 3.32. The lowest BCUT2D eigenvalue weighted by atomic mass is 9.95. The maximum Gasteiger partial charge on any atom is 0.0204 e. The van der Waals surface area contributed by atoms with Crippen molar-refractivity contribution in [1.82, 2.24) is 5.32 Å². The Hall–Kier alpha value is -0.560. The molecule has 1 aliphatic heterocycles. The van der Waals surface area contributed by atoms with E-state index in [0.29, 0.717) is 0 Å². The summed E-state index contributed by atoms with van der Waals surface area (Å²) in [5.41, 5.74) is 3.18. The zero-order chi connectivity index (χ0) is 7.52. The van der Waals surface area contributed by atoms with E-state index in [4.69, 9.17) is 0 Å². The summed E-state index contributed by atoms with van der Waals surface area (Å²) in [5, 5.41) is 3.44. The zero-order valence-corrected chi connectivity index (χ0v) is 6.90. The van der Waals surface area contributed by atoms with Crippen molar-refractivity contribution in [2.45, 2.75) is 25.7 Å². The first-order valence-corrected chi connectivity index (χ1v) is 4.56. The van der Waals surface area contributed by atoms with Crippen LogP contribution in [0.25, 0.3) is 0 Å². The molecular weight excluding hydrogens is 134 g/mol. The molecule has 0 spiro atoms. The third kappa shape index (κ3) is 1.54. The molecule has 1 saturated heterocycles. The van der Waals surface area contributed by atoms with Gasteiger partial charge in [0.2, 0.25) is 0 Å². The Morgan fingerprint density at radius 1 is 1.09 bits per heavy atom. The van der Waals surface area contributed by atoms with E-state index in [0.717, 1.165) is 6.54 Å². The molecule has 0 atom stereocenters. The molecule has 2 rings (SSSR count). The predicted molar refractivity (Wildman–Crippen MR) is 47.5 cm³/mol. The molecule has 1 heteroatoms. The fourth-order valence-electron chi connectivity index (χ4n) is 1.85. The Morgan fingerprint density at radius 2 is 1.91 bits per heavy atom. The SMILES string of the molecule is C1=C2CCCNCC2=CCC1. The van der Waals surface area contributed by atoms with Crippen molar-refractivity contribution in [3.05, 3.63) is 23.3 Å². The molecule has 1 nitrogen and oxygen atoms in total. The molecule has 11 heavy (non-hydrogen) atoms. The number of hydrogen-bond acceptors (Lipinski definition) is 1. The maximum atomic E-state index is 3.44. The van der Waals surface area contributed by atoms with Crippen molar-refractivity contribution >= 4 is 0 Å². The highest BCUT2D eigenvalue weighted by atomic mass is 14.9. The van der Waals surface area contributed by atoms with Gasteiger partial charge in [0.25, 0.3) is 0 Å². The maximum absolute atomic E-state index is 3.44. The summed E-state index contributed by atoms with van der Waals surface area (Å²) in [7, 11) is 0. The smallest absolute Gasteiger partial charge is 0.0204 e. The Balaban J connectivity index is 2.17. The van der Waals surface area contributed by atoms with Gasteiger partial charge in [-0.25, -0.2) is 0 Å². The van der Waals surface area contributed by atoms with Gasteiger partial charge in [-0.3, -0.25) is 0 Å². The van der Waals surface area contributed by atoms with Crippen LogP contribution in [0.5, 0.6) is 0 Å². The minimum atomic E-state index is 1.10. The van der Waals surface area contributed by atoms with Crippen LogP contribution >= 0.6 is 0 Å². The molecule has 1 N–H and O–H groups in total. The molecule has 0 aromatic carbocycles. The van der Waals surface area contributed by atoms with Gasteiger partial charge in [-0.1, -0.05) is 12.2 Å². The van der Waals surface area contributed by atoms with Crippen LogP contribution in [0.2, 0.25) is 0 Å². The van der Waals surface area contributed by atoms with Gasteiger partial charge in [-0.15, -0.1) is 0 Å². The highest BCUT2D eigenvalue weighted by molar-refractivity contribution is 5.35. The van der Waals surface area contributed by atoms with Crippen LogP contribution < -0.4 is 5.32 Å². The van der Waals surface area contributed by atoms with Crippen molar-refractivity contribution in [1.29, 1.82) is 0 Å². The van der Waals surface area contributed by atoms with Gasteiger partial charge in [0.15, 0.2) is 0 Å². The summed E-state index contributed by atoms with van der Waals surface area (Å²) in [6.07, 6.45) is 9.93. The van der Waals surface area contributed by atoms with Gasteiger partial charge in [0.05, 0.1) is 0 Å². The van der Waals surface area contributed by atoms with E-state index in [2.05, 4.69) is 17.5 Å². The van der Waals surface area contributed by atoms with E-state index in [1.807, 2.05) is 0 Å². The Bertz CT molecular complexity index is 179. The first-order valence-electron chi connectivity index (χ1n) is 4.56. The highest BCUT2D eigenvalue weighted by Gasteiger charge is 2.10. The molecule has 1 aliphatic carbocycles. The molecule has 0 bridgehead atoms. The van der Waals surface area contributed by atoms with E-state index in [1.165, 1.54) is 32.2 Å². The number of fused-ring (bicyclic) bond motifs is 1. The molecule has 0 radical (unpaired) electrons.